The summed E-state index contributed by atoms with van der Waals surface area (Å²) in [6, 6.07) is 0. The molecule has 0 aliphatic heterocycles. The first-order valence-electron chi connectivity index (χ1n) is 4.42. The molecule has 0 spiro atoms. The van der Waals surface area contributed by atoms with Crippen LogP contribution in [-0.4, -0.2) is 31.9 Å². The molecular formula is C8H13ClN4O. The number of carbonyl (C=O) groups is 1. The molecule has 0 N–H and O–H groups in total. The minimum Gasteiger partial charge on any atom is -0.300 e. The molecular weight excluding hydrogens is 204 g/mol. The first kappa shape index (κ1) is 11.1. The van der Waals surface area contributed by atoms with Gasteiger partial charge >= 0.3 is 0 Å². The summed E-state index contributed by atoms with van der Waals surface area (Å²) in [5.74, 6) is 1.11. The van der Waals surface area contributed by atoms with Crippen LogP contribution < -0.4 is 0 Å². The number of aromatic nitrogens is 4. The monoisotopic (exact) mass is 216 g/mol. The molecule has 0 radical (unpaired) electrons. The zero-order valence-corrected chi connectivity index (χ0v) is 9.03. The molecule has 0 saturated heterocycles. The molecule has 0 aromatic carbocycles. The number of alkyl halides is 1. The van der Waals surface area contributed by atoms with E-state index in [1.807, 2.05) is 0 Å². The Hall–Kier alpha value is -0.970. The minimum absolute atomic E-state index is 0.0864. The summed E-state index contributed by atoms with van der Waals surface area (Å²) < 4.78 is 0. The van der Waals surface area contributed by atoms with Crippen LogP contribution in [0.2, 0.25) is 0 Å². The second kappa shape index (κ2) is 5.05. The lowest BCUT2D eigenvalue weighted by atomic mass is 9.98. The van der Waals surface area contributed by atoms with Crippen molar-refractivity contribution < 1.29 is 4.79 Å². The van der Waals surface area contributed by atoms with Crippen LogP contribution in [-0.2, 0) is 18.3 Å². The van der Waals surface area contributed by atoms with Crippen LogP contribution in [0.3, 0.4) is 0 Å². The molecule has 1 aromatic rings. The average molecular weight is 217 g/mol. The summed E-state index contributed by atoms with van der Waals surface area (Å²) in [4.78, 5) is 12.6. The highest BCUT2D eigenvalue weighted by atomic mass is 35.5. The SMILES string of the molecule is CC(=O)C(CCCl)Cc1nnn(C)n1. The zero-order valence-electron chi connectivity index (χ0n) is 8.27. The van der Waals surface area contributed by atoms with E-state index < -0.39 is 0 Å². The van der Waals surface area contributed by atoms with Gasteiger partial charge in [-0.2, -0.15) is 4.80 Å². The lowest BCUT2D eigenvalue weighted by Crippen LogP contribution is -2.15. The van der Waals surface area contributed by atoms with Crippen LogP contribution in [0.1, 0.15) is 19.2 Å². The van der Waals surface area contributed by atoms with E-state index in [1.165, 1.54) is 4.80 Å². The second-order valence-corrected chi connectivity index (χ2v) is 3.56. The lowest BCUT2D eigenvalue weighted by molar-refractivity contribution is -0.120. The third kappa shape index (κ3) is 3.06. The number of hydrogen-bond donors (Lipinski definition) is 0. The number of rotatable bonds is 5. The predicted octanol–water partition coefficient (Wildman–Crippen LogP) is 0.587. The first-order chi connectivity index (χ1) is 6.63. The Morgan fingerprint density at radius 3 is 2.79 bits per heavy atom. The molecule has 1 heterocycles. The fourth-order valence-corrected chi connectivity index (χ4v) is 1.47. The van der Waals surface area contributed by atoms with E-state index in [0.717, 1.165) is 0 Å². The fraction of sp³-hybridized carbons (Fsp3) is 0.750. The minimum atomic E-state index is -0.0864. The van der Waals surface area contributed by atoms with Crippen molar-refractivity contribution in [2.75, 3.05) is 5.88 Å². The van der Waals surface area contributed by atoms with Crippen LogP contribution in [0.25, 0.3) is 0 Å². The van der Waals surface area contributed by atoms with Crippen LogP contribution >= 0.6 is 11.6 Å². The van der Waals surface area contributed by atoms with E-state index in [1.54, 1.807) is 14.0 Å². The van der Waals surface area contributed by atoms with Gasteiger partial charge < -0.3 is 0 Å². The van der Waals surface area contributed by atoms with Crippen LogP contribution in [0.4, 0.5) is 0 Å². The van der Waals surface area contributed by atoms with Gasteiger partial charge in [-0.15, -0.1) is 21.8 Å². The van der Waals surface area contributed by atoms with Gasteiger partial charge in [0.15, 0.2) is 5.82 Å². The third-order valence-electron chi connectivity index (χ3n) is 2.01. The highest BCUT2D eigenvalue weighted by Gasteiger charge is 2.16. The molecule has 14 heavy (non-hydrogen) atoms. The van der Waals surface area contributed by atoms with E-state index in [4.69, 9.17) is 11.6 Å². The molecule has 0 saturated carbocycles. The van der Waals surface area contributed by atoms with E-state index in [2.05, 4.69) is 15.4 Å². The van der Waals surface area contributed by atoms with Gasteiger partial charge in [-0.3, -0.25) is 4.79 Å². The molecule has 6 heteroatoms. The Kier molecular flexibility index (Phi) is 4.00. The number of carbonyl (C=O) groups excluding carboxylic acids is 1. The number of tetrazole rings is 1. The van der Waals surface area contributed by atoms with Gasteiger partial charge in [-0.25, -0.2) is 0 Å². The quantitative estimate of drug-likeness (QED) is 0.676. The first-order valence-corrected chi connectivity index (χ1v) is 4.96. The molecule has 0 amide bonds. The van der Waals surface area contributed by atoms with Gasteiger partial charge in [-0.1, -0.05) is 0 Å². The molecule has 0 aliphatic rings. The normalized spacial score (nSPS) is 12.8. The molecule has 1 atom stereocenters. The van der Waals surface area contributed by atoms with Crippen molar-refractivity contribution in [2.45, 2.75) is 19.8 Å². The average Bonchev–Trinajstić information content (AvgIpc) is 2.50. The molecule has 5 nitrogen and oxygen atoms in total. The molecule has 78 valence electrons. The van der Waals surface area contributed by atoms with E-state index in [9.17, 15) is 4.79 Å². The highest BCUT2D eigenvalue weighted by Crippen LogP contribution is 2.10. The van der Waals surface area contributed by atoms with Crippen LogP contribution in [0.15, 0.2) is 0 Å². The summed E-state index contributed by atoms with van der Waals surface area (Å²) >= 11 is 5.60. The topological polar surface area (TPSA) is 60.7 Å². The Balaban J connectivity index is 2.59. The van der Waals surface area contributed by atoms with Gasteiger partial charge in [0.25, 0.3) is 0 Å². The standard InChI is InChI=1S/C8H13ClN4O/c1-6(14)7(3-4-9)5-8-10-12-13(2)11-8/h7H,3-5H2,1-2H3. The Labute approximate surface area is 87.4 Å². The number of nitrogens with zero attached hydrogens (tertiary/aromatic N) is 4. The van der Waals surface area contributed by atoms with Gasteiger partial charge in [0.2, 0.25) is 0 Å². The summed E-state index contributed by atoms with van der Waals surface area (Å²) in [6.45, 7) is 1.56. The zero-order chi connectivity index (χ0) is 10.6. The van der Waals surface area contributed by atoms with Gasteiger partial charge in [-0.05, 0) is 18.6 Å². The van der Waals surface area contributed by atoms with Gasteiger partial charge in [0.1, 0.15) is 5.78 Å². The molecule has 0 aliphatic carbocycles. The smallest absolute Gasteiger partial charge is 0.175 e. The number of aryl methyl sites for hydroxylation is 1. The highest BCUT2D eigenvalue weighted by molar-refractivity contribution is 6.18. The van der Waals surface area contributed by atoms with Crippen molar-refractivity contribution in [1.29, 1.82) is 0 Å². The maximum Gasteiger partial charge on any atom is 0.175 e. The number of ketones is 1. The van der Waals surface area contributed by atoms with E-state index in [-0.39, 0.29) is 11.7 Å². The molecule has 1 unspecified atom stereocenters. The van der Waals surface area contributed by atoms with Crippen LogP contribution in [0.5, 0.6) is 0 Å². The van der Waals surface area contributed by atoms with Crippen molar-refractivity contribution >= 4 is 17.4 Å². The lowest BCUT2D eigenvalue weighted by Gasteiger charge is -2.08. The Morgan fingerprint density at radius 1 is 1.64 bits per heavy atom. The van der Waals surface area contributed by atoms with Gasteiger partial charge in [0.05, 0.1) is 7.05 Å². The molecule has 1 rings (SSSR count). The number of Topliss-reactive ketones (excluding diaryl/α,β-unsaturated/α-hetero) is 1. The maximum atomic E-state index is 11.2. The molecule has 1 aromatic heterocycles. The largest absolute Gasteiger partial charge is 0.300 e. The predicted molar refractivity (Wildman–Crippen MR) is 52.0 cm³/mol. The van der Waals surface area contributed by atoms with Crippen LogP contribution in [0, 0.1) is 5.92 Å². The summed E-state index contributed by atoms with van der Waals surface area (Å²) in [5, 5.41) is 11.5. The van der Waals surface area contributed by atoms with Crippen molar-refractivity contribution in [3.63, 3.8) is 0 Å². The van der Waals surface area contributed by atoms with Crippen molar-refractivity contribution in [3.8, 4) is 0 Å². The fourth-order valence-electron chi connectivity index (χ4n) is 1.21. The summed E-state index contributed by atoms with van der Waals surface area (Å²) in [7, 11) is 1.70. The van der Waals surface area contributed by atoms with Crippen molar-refractivity contribution in [2.24, 2.45) is 13.0 Å². The molecule has 0 bridgehead atoms. The Bertz CT molecular complexity index is 312. The van der Waals surface area contributed by atoms with Gasteiger partial charge in [0, 0.05) is 18.2 Å². The maximum absolute atomic E-state index is 11.2. The van der Waals surface area contributed by atoms with Crippen molar-refractivity contribution in [3.05, 3.63) is 5.82 Å². The summed E-state index contributed by atoms with van der Waals surface area (Å²) in [6.07, 6.45) is 1.19. The van der Waals surface area contributed by atoms with E-state index in [0.29, 0.717) is 24.5 Å². The Morgan fingerprint density at radius 2 is 2.36 bits per heavy atom. The second-order valence-electron chi connectivity index (χ2n) is 3.18. The summed E-state index contributed by atoms with van der Waals surface area (Å²) in [5.41, 5.74) is 0. The third-order valence-corrected chi connectivity index (χ3v) is 2.23. The number of hydrogen-bond acceptors (Lipinski definition) is 4. The van der Waals surface area contributed by atoms with E-state index >= 15 is 0 Å². The van der Waals surface area contributed by atoms with Crippen molar-refractivity contribution in [1.82, 2.24) is 20.2 Å². The number of halogens is 1. The molecule has 0 fully saturated rings.